The van der Waals surface area contributed by atoms with Crippen molar-refractivity contribution in [1.82, 2.24) is 4.90 Å². The smallest absolute Gasteiger partial charge is 0.246 e. The number of nitrogens with zero attached hydrogens (tertiary/aromatic N) is 2. The van der Waals surface area contributed by atoms with E-state index in [0.717, 1.165) is 18.5 Å². The summed E-state index contributed by atoms with van der Waals surface area (Å²) >= 11 is 0. The molecular weight excluding hydrogens is 352 g/mol. The van der Waals surface area contributed by atoms with Gasteiger partial charge >= 0.3 is 0 Å². The van der Waals surface area contributed by atoms with E-state index in [0.29, 0.717) is 25.1 Å². The molecule has 5 heteroatoms. The van der Waals surface area contributed by atoms with Crippen molar-refractivity contribution in [3.05, 3.63) is 29.8 Å². The van der Waals surface area contributed by atoms with Gasteiger partial charge in [-0.25, -0.2) is 0 Å². The van der Waals surface area contributed by atoms with Gasteiger partial charge in [-0.3, -0.25) is 14.4 Å². The first kappa shape index (κ1) is 23.9. The Balaban J connectivity index is 0.00000190. The maximum absolute atomic E-state index is 12.5. The number of piperazine rings is 1. The molecule has 0 bridgehead atoms. The summed E-state index contributed by atoms with van der Waals surface area (Å²) in [5, 5.41) is 0. The number of hydrogen-bond donors (Lipinski definition) is 0. The lowest BCUT2D eigenvalue weighted by molar-refractivity contribution is -0.136. The summed E-state index contributed by atoms with van der Waals surface area (Å²) in [5.74, 6) is -0.0359. The average Bonchev–Trinajstić information content (AvgIpc) is 2.72. The number of carbonyl (C=O) groups excluding carboxylic acids is 3. The van der Waals surface area contributed by atoms with Crippen molar-refractivity contribution < 1.29 is 14.4 Å². The molecule has 1 saturated heterocycles. The minimum Gasteiger partial charge on any atom is -0.332 e. The number of Topliss-reactive ketones (excluding diaryl/α,β-unsaturated/α-hetero) is 1. The molecular formula is C23H36N2O3. The van der Waals surface area contributed by atoms with Crippen LogP contribution in [0.15, 0.2) is 24.3 Å². The maximum atomic E-state index is 12.5. The molecule has 0 atom stereocenters. The van der Waals surface area contributed by atoms with Gasteiger partial charge in [0.15, 0.2) is 5.78 Å². The van der Waals surface area contributed by atoms with Crippen LogP contribution in [0.1, 0.15) is 83.0 Å². The van der Waals surface area contributed by atoms with Crippen LogP contribution in [0.2, 0.25) is 0 Å². The van der Waals surface area contributed by atoms with Gasteiger partial charge < -0.3 is 9.80 Å². The summed E-state index contributed by atoms with van der Waals surface area (Å²) in [7, 11) is 0. The Morgan fingerprint density at radius 3 is 2.32 bits per heavy atom. The lowest BCUT2D eigenvalue weighted by Crippen LogP contribution is -2.52. The third-order valence-electron chi connectivity index (χ3n) is 4.88. The minimum atomic E-state index is -0.0896. The number of anilines is 1. The van der Waals surface area contributed by atoms with Gasteiger partial charge in [-0.15, -0.1) is 0 Å². The van der Waals surface area contributed by atoms with E-state index in [1.807, 2.05) is 19.9 Å². The van der Waals surface area contributed by atoms with E-state index in [9.17, 15) is 14.4 Å². The summed E-state index contributed by atoms with van der Waals surface area (Å²) in [4.78, 5) is 39.7. The molecule has 5 nitrogen and oxygen atoms in total. The van der Waals surface area contributed by atoms with Gasteiger partial charge in [0.25, 0.3) is 0 Å². The summed E-state index contributed by atoms with van der Waals surface area (Å²) in [6, 6.07) is 7.11. The van der Waals surface area contributed by atoms with Crippen molar-refractivity contribution in [3.8, 4) is 0 Å². The summed E-state index contributed by atoms with van der Waals surface area (Å²) in [5.41, 5.74) is 1.32. The zero-order valence-electron chi connectivity index (χ0n) is 18.0. The lowest BCUT2D eigenvalue weighted by Gasteiger charge is -2.34. The summed E-state index contributed by atoms with van der Waals surface area (Å²) in [6.45, 7) is 8.85. The van der Waals surface area contributed by atoms with Crippen LogP contribution in [0.5, 0.6) is 0 Å². The van der Waals surface area contributed by atoms with Crippen molar-refractivity contribution in [2.45, 2.75) is 72.6 Å². The first-order chi connectivity index (χ1) is 13.5. The van der Waals surface area contributed by atoms with Crippen LogP contribution in [-0.2, 0) is 9.59 Å². The van der Waals surface area contributed by atoms with Crippen LogP contribution in [0.4, 0.5) is 5.69 Å². The highest BCUT2D eigenvalue weighted by atomic mass is 16.2. The molecule has 156 valence electrons. The van der Waals surface area contributed by atoms with Gasteiger partial charge in [-0.1, -0.05) is 65.0 Å². The van der Waals surface area contributed by atoms with Gasteiger partial charge in [0.05, 0.1) is 0 Å². The second kappa shape index (κ2) is 13.1. The van der Waals surface area contributed by atoms with Crippen LogP contribution < -0.4 is 4.90 Å². The number of ketones is 1. The number of hydrogen-bond acceptors (Lipinski definition) is 3. The summed E-state index contributed by atoms with van der Waals surface area (Å²) < 4.78 is 0. The molecule has 0 saturated carbocycles. The molecule has 0 unspecified atom stereocenters. The molecule has 1 aromatic rings. The largest absolute Gasteiger partial charge is 0.332 e. The molecule has 28 heavy (non-hydrogen) atoms. The van der Waals surface area contributed by atoms with Crippen LogP contribution in [0.3, 0.4) is 0 Å². The average molecular weight is 389 g/mol. The molecule has 0 spiro atoms. The normalized spacial score (nSPS) is 13.8. The lowest BCUT2D eigenvalue weighted by atomic mass is 10.1. The quantitative estimate of drug-likeness (QED) is 0.449. The van der Waals surface area contributed by atoms with Crippen molar-refractivity contribution in [3.63, 3.8) is 0 Å². The molecule has 1 fully saturated rings. The first-order valence-electron chi connectivity index (χ1n) is 10.7. The van der Waals surface area contributed by atoms with Crippen LogP contribution in [-0.4, -0.2) is 42.1 Å². The Bertz CT molecular complexity index is 642. The van der Waals surface area contributed by atoms with Crippen LogP contribution in [0, 0.1) is 0 Å². The Kier molecular flexibility index (Phi) is 11.2. The molecule has 0 radical (unpaired) electrons. The van der Waals surface area contributed by atoms with Crippen molar-refractivity contribution >= 4 is 23.3 Å². The third kappa shape index (κ3) is 7.45. The SMILES string of the molecule is CC.CCCCCCCCC(=O)N1CCN(c2cccc(C(C)=O)c2)C(=O)C1. The van der Waals surface area contributed by atoms with Crippen LogP contribution >= 0.6 is 0 Å². The monoisotopic (exact) mass is 388 g/mol. The van der Waals surface area contributed by atoms with Gasteiger partial charge in [0, 0.05) is 30.8 Å². The third-order valence-corrected chi connectivity index (χ3v) is 4.88. The summed E-state index contributed by atoms with van der Waals surface area (Å²) in [6.07, 6.45) is 7.41. The molecule has 2 amide bonds. The van der Waals surface area contributed by atoms with Crippen molar-refractivity contribution in [1.29, 1.82) is 0 Å². The van der Waals surface area contributed by atoms with E-state index >= 15 is 0 Å². The Labute approximate surface area is 170 Å². The molecule has 2 rings (SSSR count). The van der Waals surface area contributed by atoms with E-state index in [-0.39, 0.29) is 24.1 Å². The van der Waals surface area contributed by atoms with E-state index in [1.54, 1.807) is 28.0 Å². The Hall–Kier alpha value is -2.17. The van der Waals surface area contributed by atoms with E-state index in [2.05, 4.69) is 6.92 Å². The van der Waals surface area contributed by atoms with Crippen molar-refractivity contribution in [2.24, 2.45) is 0 Å². The second-order valence-electron chi connectivity index (χ2n) is 6.98. The zero-order chi connectivity index (χ0) is 20.9. The van der Waals surface area contributed by atoms with Crippen molar-refractivity contribution in [2.75, 3.05) is 24.5 Å². The van der Waals surface area contributed by atoms with E-state index < -0.39 is 0 Å². The predicted octanol–water partition coefficient (Wildman–Crippen LogP) is 4.84. The Morgan fingerprint density at radius 1 is 1.00 bits per heavy atom. The molecule has 0 aliphatic carbocycles. The van der Waals surface area contributed by atoms with Gasteiger partial charge in [-0.05, 0) is 25.5 Å². The number of amides is 2. The standard InChI is InChI=1S/C21H30N2O3.C2H6/c1-3-4-5-6-7-8-12-20(25)22-13-14-23(21(26)16-22)19-11-9-10-18(15-19)17(2)24;1-2/h9-11,15H,3-8,12-14,16H2,1-2H3;1-2H3. The number of unbranched alkanes of at least 4 members (excludes halogenated alkanes) is 5. The molecule has 1 aliphatic rings. The van der Waals surface area contributed by atoms with Gasteiger partial charge in [-0.2, -0.15) is 0 Å². The van der Waals surface area contributed by atoms with Gasteiger partial charge in [0.1, 0.15) is 6.54 Å². The number of rotatable bonds is 9. The van der Waals surface area contributed by atoms with Crippen LogP contribution in [0.25, 0.3) is 0 Å². The first-order valence-corrected chi connectivity index (χ1v) is 10.7. The highest BCUT2D eigenvalue weighted by molar-refractivity contribution is 6.00. The zero-order valence-corrected chi connectivity index (χ0v) is 18.0. The fourth-order valence-electron chi connectivity index (χ4n) is 3.27. The highest BCUT2D eigenvalue weighted by Gasteiger charge is 2.27. The molecule has 0 aromatic heterocycles. The molecule has 1 aromatic carbocycles. The number of carbonyl (C=O) groups is 3. The second-order valence-corrected chi connectivity index (χ2v) is 6.98. The molecule has 0 N–H and O–H groups in total. The van der Waals surface area contributed by atoms with E-state index in [1.165, 1.54) is 32.6 Å². The fourth-order valence-corrected chi connectivity index (χ4v) is 3.27. The van der Waals surface area contributed by atoms with Gasteiger partial charge in [0.2, 0.25) is 11.8 Å². The minimum absolute atomic E-state index is 0.0213. The molecule has 1 heterocycles. The predicted molar refractivity (Wildman–Crippen MR) is 115 cm³/mol. The number of benzene rings is 1. The highest BCUT2D eigenvalue weighted by Crippen LogP contribution is 2.20. The fraction of sp³-hybridized carbons (Fsp3) is 0.609. The van der Waals surface area contributed by atoms with E-state index in [4.69, 9.17) is 0 Å². The maximum Gasteiger partial charge on any atom is 0.246 e. The molecule has 1 aliphatic heterocycles. The Morgan fingerprint density at radius 2 is 1.68 bits per heavy atom. The topological polar surface area (TPSA) is 57.7 Å².